The number of aromatic amines is 1. The Morgan fingerprint density at radius 1 is 0.955 bits per heavy atom. The van der Waals surface area contributed by atoms with Gasteiger partial charge in [0.05, 0.1) is 23.1 Å². The number of ether oxygens (including phenoxy) is 1. The summed E-state index contributed by atoms with van der Waals surface area (Å²) in [4.78, 5) is 47.5. The molecule has 6 heterocycles. The number of imidazole rings is 1. The zero-order valence-electron chi connectivity index (χ0n) is 37.9. The van der Waals surface area contributed by atoms with Gasteiger partial charge >= 0.3 is 11.4 Å². The van der Waals surface area contributed by atoms with Crippen LogP contribution >= 0.6 is 7.14 Å². The van der Waals surface area contributed by atoms with Crippen molar-refractivity contribution in [3.63, 3.8) is 0 Å². The normalized spacial score (nSPS) is 21.8. The van der Waals surface area contributed by atoms with E-state index < -0.39 is 24.5 Å². The van der Waals surface area contributed by atoms with E-state index in [0.717, 1.165) is 47.6 Å². The van der Waals surface area contributed by atoms with E-state index in [2.05, 4.69) is 40.6 Å². The Morgan fingerprint density at radius 2 is 1.68 bits per heavy atom. The molecule has 2 aliphatic carbocycles. The van der Waals surface area contributed by atoms with Crippen LogP contribution in [0.25, 0.3) is 28.1 Å². The zero-order chi connectivity index (χ0) is 46.0. The molecule has 2 aliphatic heterocycles. The van der Waals surface area contributed by atoms with Crippen LogP contribution < -0.4 is 22.1 Å². The van der Waals surface area contributed by atoms with Crippen molar-refractivity contribution in [2.75, 3.05) is 38.8 Å². The topological polar surface area (TPSA) is 167 Å². The van der Waals surface area contributed by atoms with Gasteiger partial charge in [-0.2, -0.15) is 5.10 Å². The van der Waals surface area contributed by atoms with E-state index in [4.69, 9.17) is 14.4 Å². The molecule has 66 heavy (non-hydrogen) atoms. The summed E-state index contributed by atoms with van der Waals surface area (Å²) in [7, 11) is -0.832. The quantitative estimate of drug-likeness (QED) is 0.133. The second-order valence-electron chi connectivity index (χ2n) is 19.0. The zero-order valence-corrected chi connectivity index (χ0v) is 38.8. The number of anilines is 1. The lowest BCUT2D eigenvalue weighted by atomic mass is 9.91. The van der Waals surface area contributed by atoms with Gasteiger partial charge in [0.15, 0.2) is 5.82 Å². The molecule has 15 nitrogen and oxygen atoms in total. The number of hydrogen-bond acceptors (Lipinski definition) is 9. The van der Waals surface area contributed by atoms with Crippen molar-refractivity contribution in [1.29, 1.82) is 0 Å². The van der Waals surface area contributed by atoms with E-state index in [1.165, 1.54) is 5.56 Å². The fraction of sp³-hybridized carbons (Fsp3) is 0.408. The van der Waals surface area contributed by atoms with Crippen molar-refractivity contribution in [3.8, 4) is 17.2 Å². The number of hydrogen-bond donors (Lipinski definition) is 2. The minimum Gasteiger partial charge on any atom is -0.387 e. The minimum absolute atomic E-state index is 0.0226. The summed E-state index contributed by atoms with van der Waals surface area (Å²) in [5.41, 5.74) is 5.60. The molecule has 342 valence electrons. The lowest BCUT2D eigenvalue weighted by molar-refractivity contribution is 0.0663. The number of fused-ring (bicyclic) bond motifs is 2. The molecule has 7 aromatic rings. The predicted molar refractivity (Wildman–Crippen MR) is 250 cm³/mol. The van der Waals surface area contributed by atoms with Gasteiger partial charge in [-0.15, -0.1) is 0 Å². The Bertz CT molecular complexity index is 3270. The first kappa shape index (κ1) is 42.4. The van der Waals surface area contributed by atoms with Crippen LogP contribution in [-0.2, 0) is 21.3 Å². The van der Waals surface area contributed by atoms with Crippen LogP contribution in [-0.4, -0.2) is 83.6 Å². The molecule has 3 fully saturated rings. The van der Waals surface area contributed by atoms with Crippen LogP contribution in [0.15, 0.2) is 81.1 Å². The summed E-state index contributed by atoms with van der Waals surface area (Å²) in [6, 6.07) is 16.8. The van der Waals surface area contributed by atoms with Crippen LogP contribution in [0, 0.1) is 25.6 Å². The van der Waals surface area contributed by atoms with Crippen molar-refractivity contribution in [2.24, 2.45) is 5.92 Å². The number of carbonyl (C=O) groups is 1. The number of carbonyl (C=O) groups excluding carboxylic acids is 1. The number of benzene rings is 3. The number of H-pyrrole nitrogens is 1. The van der Waals surface area contributed by atoms with Gasteiger partial charge in [0.2, 0.25) is 0 Å². The van der Waals surface area contributed by atoms with Crippen LogP contribution in [0.4, 0.5) is 10.1 Å². The lowest BCUT2D eigenvalue weighted by Gasteiger charge is -2.34. The van der Waals surface area contributed by atoms with Gasteiger partial charge in [-0.05, 0) is 137 Å². The molecule has 4 atom stereocenters. The molecule has 0 bridgehead atoms. The maximum atomic E-state index is 15.5. The van der Waals surface area contributed by atoms with Gasteiger partial charge in [-0.1, -0.05) is 18.1 Å². The highest BCUT2D eigenvalue weighted by Gasteiger charge is 2.59. The summed E-state index contributed by atoms with van der Waals surface area (Å²) < 4.78 is 46.6. The molecule has 2 N–H and O–H groups in total. The first-order valence-electron chi connectivity index (χ1n) is 22.9. The van der Waals surface area contributed by atoms with E-state index in [1.807, 2.05) is 47.3 Å². The van der Waals surface area contributed by atoms with E-state index in [0.29, 0.717) is 89.6 Å². The van der Waals surface area contributed by atoms with Crippen molar-refractivity contribution in [3.05, 3.63) is 133 Å². The summed E-state index contributed by atoms with van der Waals surface area (Å²) in [5.74, 6) is -0.0371. The third-order valence-electron chi connectivity index (χ3n) is 14.9. The van der Waals surface area contributed by atoms with Gasteiger partial charge in [0.1, 0.15) is 30.0 Å². The highest BCUT2D eigenvalue weighted by molar-refractivity contribution is 7.72. The summed E-state index contributed by atoms with van der Waals surface area (Å²) in [6.07, 6.45) is 8.12. The highest BCUT2D eigenvalue weighted by Crippen LogP contribution is 2.58. The first-order chi connectivity index (χ1) is 31.7. The SMILES string of the molecule is CNc1cc(-n2ccn(-c3c4c(nn3-c3cc(C)c(F)c(C)c3)CCN(C(=O)c3cc5cc(C6CCOCC6)ccc5n3[C@@]3(c5noc(=O)[nH]5)C[C@@H]3C)[C@H]4C)c2=O)ccc1P(C)(=O)C1CC1. The standard InChI is InChI=1S/C49H53FN9O6P/c1-27-21-35(22-28(2)43(27)50)59-44(57-18-17-56(48(57)62)34-8-12-41(38(25-34)51-5)66(6,63)36-9-10-36)42-30(4)55(16-13-37(42)53-59)45(60)40-24-33-23-32(31-14-19-64-20-15-31)7-11-39(33)58(40)49(26-29(49)3)46-52-47(61)65-54-46/h7-8,11-12,17-18,21-25,29-31,36,51H,9-10,13-16,19-20,26H2,1-6H3,(H,52,54,61)/t29-,30-,49-,66?/m0/s1. The van der Waals surface area contributed by atoms with Gasteiger partial charge in [-0.25, -0.2) is 18.7 Å². The maximum absolute atomic E-state index is 15.5. The molecule has 4 aliphatic rings. The molecule has 1 amide bonds. The van der Waals surface area contributed by atoms with Gasteiger partial charge in [0.25, 0.3) is 5.91 Å². The maximum Gasteiger partial charge on any atom is 0.438 e. The summed E-state index contributed by atoms with van der Waals surface area (Å²) in [5, 5.41) is 14.2. The highest BCUT2D eigenvalue weighted by atomic mass is 31.2. The van der Waals surface area contributed by atoms with Gasteiger partial charge < -0.3 is 24.1 Å². The molecule has 11 rings (SSSR count). The summed E-state index contributed by atoms with van der Waals surface area (Å²) in [6.45, 7) is 11.0. The Labute approximate surface area is 379 Å². The van der Waals surface area contributed by atoms with E-state index in [9.17, 15) is 14.2 Å². The van der Waals surface area contributed by atoms with Crippen molar-refractivity contribution in [1.82, 2.24) is 38.5 Å². The Hall–Kier alpha value is -6.25. The number of halogens is 1. The number of nitrogens with zero attached hydrogens (tertiary/aromatic N) is 7. The predicted octanol–water partition coefficient (Wildman–Crippen LogP) is 7.46. The number of aromatic nitrogens is 7. The molecule has 0 radical (unpaired) electrons. The van der Waals surface area contributed by atoms with E-state index in [-0.39, 0.29) is 29.0 Å². The molecule has 3 aromatic carbocycles. The largest absolute Gasteiger partial charge is 0.438 e. The van der Waals surface area contributed by atoms with Gasteiger partial charge in [-0.3, -0.25) is 23.4 Å². The Balaban J connectivity index is 1.04. The van der Waals surface area contributed by atoms with Crippen LogP contribution in [0.1, 0.15) is 102 Å². The first-order valence-corrected chi connectivity index (χ1v) is 25.1. The molecule has 4 aromatic heterocycles. The molecule has 0 spiro atoms. The fourth-order valence-corrected chi connectivity index (χ4v) is 13.5. The van der Waals surface area contributed by atoms with Crippen LogP contribution in [0.2, 0.25) is 0 Å². The van der Waals surface area contributed by atoms with Crippen molar-refractivity contribution >= 4 is 34.9 Å². The third-order valence-corrected chi connectivity index (χ3v) is 18.1. The summed E-state index contributed by atoms with van der Waals surface area (Å²) >= 11 is 0. The molecule has 1 saturated heterocycles. The monoisotopic (exact) mass is 913 g/mol. The Morgan fingerprint density at radius 3 is 2.35 bits per heavy atom. The smallest absolute Gasteiger partial charge is 0.387 e. The van der Waals surface area contributed by atoms with Crippen LogP contribution in [0.5, 0.6) is 0 Å². The number of aryl methyl sites for hydroxylation is 2. The third kappa shape index (κ3) is 6.53. The number of amides is 1. The Kier molecular flexibility index (Phi) is 9.90. The van der Waals surface area contributed by atoms with Crippen LogP contribution in [0.3, 0.4) is 0 Å². The van der Waals surface area contributed by atoms with E-state index >= 15 is 9.18 Å². The number of rotatable bonds is 10. The van der Waals surface area contributed by atoms with Gasteiger partial charge in [0, 0.05) is 78.7 Å². The molecular formula is C49H53FN9O6P. The fourth-order valence-electron chi connectivity index (χ4n) is 11.0. The molecule has 1 unspecified atom stereocenters. The molecular weight excluding hydrogens is 861 g/mol. The van der Waals surface area contributed by atoms with Crippen molar-refractivity contribution in [2.45, 2.75) is 89.4 Å². The average Bonchev–Trinajstić information content (AvgIpc) is 4.05. The molecule has 2 saturated carbocycles. The lowest BCUT2D eigenvalue weighted by Crippen LogP contribution is -2.41. The number of nitrogens with one attached hydrogen (secondary N) is 2. The minimum atomic E-state index is -2.62. The molecule has 17 heteroatoms. The second kappa shape index (κ2) is 15.4. The van der Waals surface area contributed by atoms with E-state index in [1.54, 1.807) is 59.2 Å². The average molecular weight is 914 g/mol. The van der Waals surface area contributed by atoms with Crippen molar-refractivity contribution < 1.29 is 23.0 Å². The second-order valence-corrected chi connectivity index (χ2v) is 22.1.